The Morgan fingerprint density at radius 2 is 1.74 bits per heavy atom. The highest BCUT2D eigenvalue weighted by molar-refractivity contribution is 7.92. The van der Waals surface area contributed by atoms with Gasteiger partial charge < -0.3 is 10.1 Å². The molecule has 1 heterocycles. The molecule has 0 radical (unpaired) electrons. The van der Waals surface area contributed by atoms with Crippen LogP contribution in [0.4, 0.5) is 15.8 Å². The van der Waals surface area contributed by atoms with E-state index in [1.54, 1.807) is 18.2 Å². The average Bonchev–Trinajstić information content (AvgIpc) is 3.12. The zero-order valence-electron chi connectivity index (χ0n) is 17.2. The monoisotopic (exact) mass is 558 g/mol. The van der Waals surface area contributed by atoms with Gasteiger partial charge in [-0.1, -0.05) is 34.8 Å². The maximum Gasteiger partial charge on any atom is 0.265 e. The largest absolute Gasteiger partial charge is 0.457 e. The molecule has 0 saturated heterocycles. The van der Waals surface area contributed by atoms with Gasteiger partial charge in [-0.15, -0.1) is 11.3 Å². The maximum absolute atomic E-state index is 13.7. The topological polar surface area (TPSA) is 84.5 Å². The van der Waals surface area contributed by atoms with Gasteiger partial charge in [0.1, 0.15) is 17.3 Å². The Labute approximate surface area is 213 Å². The quantitative estimate of drug-likeness (QED) is 0.257. The van der Waals surface area contributed by atoms with Crippen molar-refractivity contribution in [1.82, 2.24) is 0 Å². The van der Waals surface area contributed by atoms with Gasteiger partial charge in [-0.25, -0.2) is 12.8 Å². The van der Waals surface area contributed by atoms with Crippen LogP contribution in [-0.2, 0) is 10.0 Å². The Hall–Kier alpha value is -2.56. The van der Waals surface area contributed by atoms with Crippen LogP contribution in [0.3, 0.4) is 0 Å². The number of hydrogen-bond donors (Lipinski definition) is 2. The number of rotatable bonds is 6. The van der Waals surface area contributed by atoms with E-state index in [0.717, 1.165) is 12.3 Å². The number of anilines is 2. The molecule has 0 unspecified atom stereocenters. The molecule has 0 fully saturated rings. The van der Waals surface area contributed by atoms with Crippen molar-refractivity contribution in [2.75, 3.05) is 16.3 Å². The average molecular weight is 560 g/mol. The minimum absolute atomic E-state index is 0.0322. The van der Waals surface area contributed by atoms with E-state index in [1.807, 2.05) is 0 Å². The lowest BCUT2D eigenvalue weighted by atomic mass is 10.2. The minimum atomic E-state index is -3.52. The van der Waals surface area contributed by atoms with Crippen LogP contribution in [-0.4, -0.2) is 20.6 Å². The van der Waals surface area contributed by atoms with Crippen LogP contribution in [0.1, 0.15) is 9.67 Å². The molecule has 1 aromatic heterocycles. The van der Waals surface area contributed by atoms with E-state index in [-0.39, 0.29) is 27.2 Å². The summed E-state index contributed by atoms with van der Waals surface area (Å²) in [5, 5.41) is 3.86. The van der Waals surface area contributed by atoms with Gasteiger partial charge in [0.15, 0.2) is 0 Å². The van der Waals surface area contributed by atoms with Gasteiger partial charge in [0.25, 0.3) is 5.91 Å². The summed E-state index contributed by atoms with van der Waals surface area (Å²) in [6.07, 6.45) is 1.02. The van der Waals surface area contributed by atoms with E-state index in [4.69, 9.17) is 39.5 Å². The lowest BCUT2D eigenvalue weighted by Crippen LogP contribution is -2.10. The summed E-state index contributed by atoms with van der Waals surface area (Å²) >= 11 is 19.2. The summed E-state index contributed by atoms with van der Waals surface area (Å²) in [5.74, 6) is -0.555. The molecule has 176 valence electrons. The molecule has 3 aromatic carbocycles. The Balaban J connectivity index is 1.56. The molecule has 0 aliphatic rings. The number of benzene rings is 3. The number of carbonyl (C=O) groups excluding carboxylic acids is 1. The molecule has 0 bridgehead atoms. The molecule has 0 saturated carbocycles. The fourth-order valence-electron chi connectivity index (χ4n) is 3.01. The normalized spacial score (nSPS) is 11.4. The molecule has 4 rings (SSSR count). The highest BCUT2D eigenvalue weighted by Crippen LogP contribution is 2.35. The minimum Gasteiger partial charge on any atom is -0.457 e. The fraction of sp³-hybridized carbons (Fsp3) is 0.0455. The molecule has 0 spiro atoms. The van der Waals surface area contributed by atoms with Crippen LogP contribution in [0.15, 0.2) is 54.6 Å². The second-order valence-corrected chi connectivity index (χ2v) is 11.2. The molecule has 0 aliphatic heterocycles. The number of thiophene rings is 1. The molecule has 2 N–H and O–H groups in total. The van der Waals surface area contributed by atoms with Crippen molar-refractivity contribution in [3.05, 3.63) is 80.4 Å². The number of halogens is 4. The van der Waals surface area contributed by atoms with Gasteiger partial charge in [0, 0.05) is 27.5 Å². The van der Waals surface area contributed by atoms with Gasteiger partial charge in [-0.05, 0) is 47.9 Å². The van der Waals surface area contributed by atoms with Crippen LogP contribution >= 0.6 is 46.1 Å². The maximum atomic E-state index is 13.7. The third-order valence-electron chi connectivity index (χ3n) is 4.38. The zero-order valence-corrected chi connectivity index (χ0v) is 21.1. The van der Waals surface area contributed by atoms with E-state index in [1.165, 1.54) is 41.7 Å². The molecule has 6 nitrogen and oxygen atoms in total. The Morgan fingerprint density at radius 1 is 0.971 bits per heavy atom. The third-order valence-corrected chi connectivity index (χ3v) is 6.91. The summed E-state index contributed by atoms with van der Waals surface area (Å²) in [4.78, 5) is 13.2. The van der Waals surface area contributed by atoms with E-state index < -0.39 is 21.7 Å². The lowest BCUT2D eigenvalue weighted by Gasteiger charge is -2.10. The number of hydrogen-bond acceptors (Lipinski definition) is 5. The lowest BCUT2D eigenvalue weighted by molar-refractivity contribution is 0.103. The highest BCUT2D eigenvalue weighted by Gasteiger charge is 2.15. The molecular weight excluding hydrogens is 546 g/mol. The standard InChI is InChI=1S/C22H14Cl3FN2O4S2/c1-34(30,31)28-19-4-11-5-21(33-20(11)10-17(19)25)22(29)27-13-6-12(23)7-15(8-13)32-14-2-3-16(24)18(26)9-14/h2-10,28H,1H3,(H,27,29). The highest BCUT2D eigenvalue weighted by atomic mass is 35.5. The molecule has 1 amide bonds. The molecule has 4 aromatic rings. The van der Waals surface area contributed by atoms with E-state index in [9.17, 15) is 17.6 Å². The number of carbonyl (C=O) groups is 1. The summed E-state index contributed by atoms with van der Waals surface area (Å²) in [6.45, 7) is 0. The van der Waals surface area contributed by atoms with Crippen molar-refractivity contribution in [2.45, 2.75) is 0 Å². The van der Waals surface area contributed by atoms with E-state index in [0.29, 0.717) is 25.7 Å². The van der Waals surface area contributed by atoms with Crippen molar-refractivity contribution < 1.29 is 22.3 Å². The van der Waals surface area contributed by atoms with Crippen LogP contribution in [0.25, 0.3) is 10.1 Å². The van der Waals surface area contributed by atoms with Crippen molar-refractivity contribution in [2.24, 2.45) is 0 Å². The molecule has 0 aliphatic carbocycles. The Bertz CT molecular complexity index is 1540. The molecule has 34 heavy (non-hydrogen) atoms. The van der Waals surface area contributed by atoms with Gasteiger partial charge in [0.05, 0.1) is 26.9 Å². The first-order valence-electron chi connectivity index (χ1n) is 9.42. The van der Waals surface area contributed by atoms with Crippen LogP contribution in [0.2, 0.25) is 15.1 Å². The zero-order chi connectivity index (χ0) is 24.6. The SMILES string of the molecule is CS(=O)(=O)Nc1cc2cc(C(=O)Nc3cc(Cl)cc(Oc4ccc(Cl)c(F)c4)c3)sc2cc1Cl. The van der Waals surface area contributed by atoms with Crippen molar-refractivity contribution in [3.63, 3.8) is 0 Å². The summed E-state index contributed by atoms with van der Waals surface area (Å²) in [6, 6.07) is 13.4. The summed E-state index contributed by atoms with van der Waals surface area (Å²) in [7, 11) is -3.52. The number of amides is 1. The second-order valence-electron chi connectivity index (χ2n) is 7.16. The number of fused-ring (bicyclic) bond motifs is 1. The predicted octanol–water partition coefficient (Wildman–Crippen LogP) is 7.42. The first kappa shape index (κ1) is 24.6. The predicted molar refractivity (Wildman–Crippen MR) is 136 cm³/mol. The second kappa shape index (κ2) is 9.59. The van der Waals surface area contributed by atoms with Crippen LogP contribution < -0.4 is 14.8 Å². The number of nitrogens with one attached hydrogen (secondary N) is 2. The van der Waals surface area contributed by atoms with Gasteiger partial charge in [0.2, 0.25) is 10.0 Å². The van der Waals surface area contributed by atoms with Gasteiger partial charge in [-0.3, -0.25) is 9.52 Å². The van der Waals surface area contributed by atoms with E-state index in [2.05, 4.69) is 10.0 Å². The Kier molecular flexibility index (Phi) is 6.93. The summed E-state index contributed by atoms with van der Waals surface area (Å²) < 4.78 is 45.4. The van der Waals surface area contributed by atoms with Gasteiger partial charge in [-0.2, -0.15) is 0 Å². The third kappa shape index (κ3) is 5.92. The Morgan fingerprint density at radius 3 is 2.44 bits per heavy atom. The first-order chi connectivity index (χ1) is 16.0. The molecule has 12 heteroatoms. The van der Waals surface area contributed by atoms with Crippen molar-refractivity contribution >= 4 is 83.5 Å². The fourth-order valence-corrected chi connectivity index (χ4v) is 5.24. The van der Waals surface area contributed by atoms with Crippen LogP contribution in [0, 0.1) is 5.82 Å². The van der Waals surface area contributed by atoms with Crippen molar-refractivity contribution in [3.8, 4) is 11.5 Å². The molecule has 0 atom stereocenters. The van der Waals surface area contributed by atoms with Crippen molar-refractivity contribution in [1.29, 1.82) is 0 Å². The smallest absolute Gasteiger partial charge is 0.265 e. The molecular formula is C22H14Cl3FN2O4S2. The van der Waals surface area contributed by atoms with Gasteiger partial charge >= 0.3 is 0 Å². The number of sulfonamides is 1. The number of ether oxygens (including phenoxy) is 1. The van der Waals surface area contributed by atoms with Crippen LogP contribution in [0.5, 0.6) is 11.5 Å². The first-order valence-corrected chi connectivity index (χ1v) is 13.3. The summed E-state index contributed by atoms with van der Waals surface area (Å²) in [5.41, 5.74) is 0.577. The van der Waals surface area contributed by atoms with E-state index >= 15 is 0 Å².